The lowest BCUT2D eigenvalue weighted by Crippen LogP contribution is -2.42. The van der Waals surface area contributed by atoms with Gasteiger partial charge in [-0.15, -0.1) is 10.2 Å². The lowest BCUT2D eigenvalue weighted by atomic mass is 9.82. The SMILES string of the molecule is C[C@H](COC(C)(C)c1nn[nH]n1)NC1CCC(Cc2cc(-c3cccc(NCC4(C#N)CCOCC4)n3)c(Cl)cn2)CC1. The van der Waals surface area contributed by atoms with Crippen molar-refractivity contribution >= 4 is 17.4 Å². The van der Waals surface area contributed by atoms with Gasteiger partial charge in [0.25, 0.3) is 0 Å². The van der Waals surface area contributed by atoms with Crippen LogP contribution >= 0.6 is 11.6 Å². The molecule has 0 bridgehead atoms. The fourth-order valence-corrected chi connectivity index (χ4v) is 6.12. The normalized spacial score (nSPS) is 21.2. The maximum Gasteiger partial charge on any atom is 0.205 e. The molecule has 12 heteroatoms. The molecule has 43 heavy (non-hydrogen) atoms. The predicted octanol–water partition coefficient (Wildman–Crippen LogP) is 5.07. The van der Waals surface area contributed by atoms with Crippen molar-refractivity contribution in [2.24, 2.45) is 11.3 Å². The number of nitrogens with one attached hydrogen (secondary N) is 3. The molecule has 4 heterocycles. The molecule has 0 spiro atoms. The molecule has 0 unspecified atom stereocenters. The van der Waals surface area contributed by atoms with Crippen molar-refractivity contribution in [3.05, 3.63) is 47.0 Å². The average Bonchev–Trinajstić information content (AvgIpc) is 3.58. The quantitative estimate of drug-likeness (QED) is 0.255. The third-order valence-corrected chi connectivity index (χ3v) is 8.98. The first-order valence-corrected chi connectivity index (χ1v) is 15.6. The number of hydrogen-bond donors (Lipinski definition) is 3. The van der Waals surface area contributed by atoms with E-state index >= 15 is 0 Å². The molecule has 3 aromatic heterocycles. The smallest absolute Gasteiger partial charge is 0.205 e. The van der Waals surface area contributed by atoms with Gasteiger partial charge in [-0.3, -0.25) is 4.98 Å². The Hall–Kier alpha value is -3.17. The molecule has 2 aliphatic rings. The van der Waals surface area contributed by atoms with E-state index in [1.165, 1.54) is 0 Å². The first kappa shape index (κ1) is 31.3. The van der Waals surface area contributed by atoms with Gasteiger partial charge in [0, 0.05) is 49.3 Å². The van der Waals surface area contributed by atoms with Gasteiger partial charge in [-0.2, -0.15) is 10.5 Å². The second-order valence-corrected chi connectivity index (χ2v) is 12.9. The Kier molecular flexibility index (Phi) is 10.2. The number of pyridine rings is 2. The summed E-state index contributed by atoms with van der Waals surface area (Å²) in [6.07, 6.45) is 8.63. The zero-order valence-corrected chi connectivity index (χ0v) is 26.0. The van der Waals surface area contributed by atoms with Crippen molar-refractivity contribution in [2.75, 3.05) is 31.7 Å². The van der Waals surface area contributed by atoms with Gasteiger partial charge in [-0.25, -0.2) is 4.98 Å². The molecule has 11 nitrogen and oxygen atoms in total. The van der Waals surface area contributed by atoms with Crippen LogP contribution in [0, 0.1) is 22.7 Å². The van der Waals surface area contributed by atoms with Crippen LogP contribution in [0.1, 0.15) is 70.8 Å². The standard InChI is InChI=1S/C31H42ClN9O2/c1-21(18-43-30(2,3)29-38-40-41-39-29)36-23-9-7-22(8-10-23)15-24-16-25(26(32)17-34-24)27-5-4-6-28(37-27)35-20-31(19-33)11-13-42-14-12-31/h4-6,16-17,21-23,36H,7-15,18,20H2,1-3H3,(H,35,37)(H,38,39,40,41)/t21-,22?,23?/m1/s1. The summed E-state index contributed by atoms with van der Waals surface area (Å²) in [6, 6.07) is 11.1. The van der Waals surface area contributed by atoms with Gasteiger partial charge >= 0.3 is 0 Å². The lowest BCUT2D eigenvalue weighted by Gasteiger charge is -2.32. The molecule has 1 saturated carbocycles. The molecule has 1 saturated heterocycles. The molecular weight excluding hydrogens is 566 g/mol. The molecule has 5 rings (SSSR count). The predicted molar refractivity (Wildman–Crippen MR) is 164 cm³/mol. The molecule has 1 atom stereocenters. The van der Waals surface area contributed by atoms with Crippen molar-refractivity contribution in [2.45, 2.75) is 83.4 Å². The first-order valence-electron chi connectivity index (χ1n) is 15.2. The maximum absolute atomic E-state index is 9.78. The number of ether oxygens (including phenoxy) is 2. The highest BCUT2D eigenvalue weighted by atomic mass is 35.5. The summed E-state index contributed by atoms with van der Waals surface area (Å²) in [5.41, 5.74) is 1.69. The molecular formula is C31H42ClN9O2. The molecule has 3 N–H and O–H groups in total. The lowest BCUT2D eigenvalue weighted by molar-refractivity contribution is -0.0381. The highest BCUT2D eigenvalue weighted by molar-refractivity contribution is 6.33. The van der Waals surface area contributed by atoms with Crippen molar-refractivity contribution in [1.82, 2.24) is 35.9 Å². The second-order valence-electron chi connectivity index (χ2n) is 12.5. The van der Waals surface area contributed by atoms with Gasteiger partial charge < -0.3 is 20.1 Å². The molecule has 1 aliphatic heterocycles. The molecule has 0 amide bonds. The van der Waals surface area contributed by atoms with E-state index in [1.54, 1.807) is 6.20 Å². The van der Waals surface area contributed by atoms with E-state index in [0.29, 0.717) is 49.2 Å². The second kappa shape index (κ2) is 14.1. The molecule has 0 radical (unpaired) electrons. The summed E-state index contributed by atoms with van der Waals surface area (Å²) >= 11 is 6.61. The largest absolute Gasteiger partial charge is 0.381 e. The van der Waals surface area contributed by atoms with E-state index in [0.717, 1.165) is 67.7 Å². The fourth-order valence-electron chi connectivity index (χ4n) is 5.92. The highest BCUT2D eigenvalue weighted by Gasteiger charge is 2.33. The molecule has 230 valence electrons. The van der Waals surface area contributed by atoms with Crippen molar-refractivity contribution in [3.8, 4) is 17.3 Å². The van der Waals surface area contributed by atoms with E-state index in [9.17, 15) is 5.26 Å². The van der Waals surface area contributed by atoms with Crippen LogP contribution in [0.5, 0.6) is 0 Å². The third-order valence-electron chi connectivity index (χ3n) is 8.67. The number of aromatic amines is 1. The summed E-state index contributed by atoms with van der Waals surface area (Å²) in [5, 5.41) is 31.7. The number of H-pyrrole nitrogens is 1. The van der Waals surface area contributed by atoms with Crippen molar-refractivity contribution in [3.63, 3.8) is 0 Å². The Morgan fingerprint density at radius 2 is 2.02 bits per heavy atom. The number of tetrazole rings is 1. The van der Waals surface area contributed by atoms with Gasteiger partial charge in [0.1, 0.15) is 11.4 Å². The van der Waals surface area contributed by atoms with Crippen LogP contribution in [0.2, 0.25) is 5.02 Å². The Morgan fingerprint density at radius 1 is 1.23 bits per heavy atom. The van der Waals surface area contributed by atoms with E-state index in [4.69, 9.17) is 26.1 Å². The van der Waals surface area contributed by atoms with Crippen LogP contribution in [0.3, 0.4) is 0 Å². The number of hydrogen-bond acceptors (Lipinski definition) is 10. The van der Waals surface area contributed by atoms with Crippen molar-refractivity contribution < 1.29 is 9.47 Å². The topological polar surface area (TPSA) is 147 Å². The summed E-state index contributed by atoms with van der Waals surface area (Å²) in [4.78, 5) is 9.49. The minimum absolute atomic E-state index is 0.216. The number of rotatable bonds is 12. The maximum atomic E-state index is 9.78. The zero-order valence-electron chi connectivity index (χ0n) is 25.3. The van der Waals surface area contributed by atoms with Crippen molar-refractivity contribution in [1.29, 1.82) is 5.26 Å². The number of aromatic nitrogens is 6. The van der Waals surface area contributed by atoms with Crippen LogP contribution in [0.25, 0.3) is 11.3 Å². The van der Waals surface area contributed by atoms with Crippen LogP contribution in [0.4, 0.5) is 5.82 Å². The van der Waals surface area contributed by atoms with E-state index in [2.05, 4.69) is 55.3 Å². The first-order chi connectivity index (χ1) is 20.7. The zero-order chi connectivity index (χ0) is 30.3. The summed E-state index contributed by atoms with van der Waals surface area (Å²) in [6.45, 7) is 8.41. The summed E-state index contributed by atoms with van der Waals surface area (Å²) < 4.78 is 11.6. The van der Waals surface area contributed by atoms with Gasteiger partial charge in [0.2, 0.25) is 5.82 Å². The van der Waals surface area contributed by atoms with Crippen LogP contribution in [-0.2, 0) is 21.5 Å². The minimum atomic E-state index is -0.594. The van der Waals surface area contributed by atoms with Gasteiger partial charge in [-0.05, 0) is 89.8 Å². The van der Waals surface area contributed by atoms with Gasteiger partial charge in [0.05, 0.1) is 28.8 Å². The minimum Gasteiger partial charge on any atom is -0.381 e. The van der Waals surface area contributed by atoms with E-state index < -0.39 is 11.0 Å². The molecule has 0 aromatic carbocycles. The van der Waals surface area contributed by atoms with Crippen LogP contribution in [-0.4, -0.2) is 69.0 Å². The van der Waals surface area contributed by atoms with Crippen LogP contribution < -0.4 is 10.6 Å². The number of anilines is 1. The Labute approximate surface area is 258 Å². The van der Waals surface area contributed by atoms with E-state index in [1.807, 2.05) is 32.0 Å². The number of halogens is 1. The summed E-state index contributed by atoms with van der Waals surface area (Å²) in [5.74, 6) is 1.86. The van der Waals surface area contributed by atoms with E-state index in [-0.39, 0.29) is 6.04 Å². The highest BCUT2D eigenvalue weighted by Crippen LogP contribution is 2.33. The number of nitriles is 1. The Bertz CT molecular complexity index is 1360. The fraction of sp³-hybridized carbons (Fsp3) is 0.613. The third kappa shape index (κ3) is 8.26. The monoisotopic (exact) mass is 607 g/mol. The molecule has 1 aliphatic carbocycles. The summed E-state index contributed by atoms with van der Waals surface area (Å²) in [7, 11) is 0. The number of nitrogens with zero attached hydrogens (tertiary/aromatic N) is 6. The van der Waals surface area contributed by atoms with Crippen LogP contribution in [0.15, 0.2) is 30.5 Å². The molecule has 3 aromatic rings. The van der Waals surface area contributed by atoms with Gasteiger partial charge in [0.15, 0.2) is 0 Å². The van der Waals surface area contributed by atoms with Gasteiger partial charge in [-0.1, -0.05) is 22.9 Å². The Balaban J connectivity index is 1.12. The Morgan fingerprint density at radius 3 is 2.74 bits per heavy atom. The molecule has 2 fully saturated rings. The average molecular weight is 608 g/mol.